The number of rotatable bonds is 4. The molecule has 0 aromatic heterocycles. The number of benzene rings is 1. The van der Waals surface area contributed by atoms with Crippen molar-refractivity contribution in [3.63, 3.8) is 0 Å². The van der Waals surface area contributed by atoms with Gasteiger partial charge in [-0.2, -0.15) is 0 Å². The predicted octanol–water partition coefficient (Wildman–Crippen LogP) is 2.31. The Hall–Kier alpha value is -1.37. The van der Waals surface area contributed by atoms with Crippen molar-refractivity contribution in [1.82, 2.24) is 10.2 Å². The molecule has 6 nitrogen and oxygen atoms in total. The van der Waals surface area contributed by atoms with Gasteiger partial charge in [-0.15, -0.1) is 0 Å². The number of phenols is 1. The fourth-order valence-electron chi connectivity index (χ4n) is 2.70. The smallest absolute Gasteiger partial charge is 0.278 e. The maximum Gasteiger partial charge on any atom is 0.278 e. The normalized spacial score (nSPS) is 17.9. The van der Waals surface area contributed by atoms with E-state index in [1.165, 1.54) is 12.1 Å². The topological polar surface area (TPSA) is 78.6 Å². The average molecular weight is 300 g/mol. The summed E-state index contributed by atoms with van der Waals surface area (Å²) in [5.41, 5.74) is 0.254. The van der Waals surface area contributed by atoms with Crippen LogP contribution in [0.2, 0.25) is 5.02 Å². The largest absolute Gasteiger partial charge is 0.506 e. The van der Waals surface area contributed by atoms with Gasteiger partial charge in [-0.3, -0.25) is 15.0 Å². The number of hydrogen-bond acceptors (Lipinski definition) is 5. The van der Waals surface area contributed by atoms with E-state index in [9.17, 15) is 15.2 Å². The summed E-state index contributed by atoms with van der Waals surface area (Å²) in [5, 5.41) is 24.8. The summed E-state index contributed by atoms with van der Waals surface area (Å²) in [4.78, 5) is 12.9. The number of piperazine rings is 1. The summed E-state index contributed by atoms with van der Waals surface area (Å²) in [6.45, 7) is 5.22. The molecule has 1 fully saturated rings. The second-order valence-electron chi connectivity index (χ2n) is 4.80. The molecule has 1 aliphatic heterocycles. The maximum absolute atomic E-state index is 11.2. The molecule has 0 saturated carbocycles. The quantitative estimate of drug-likeness (QED) is 0.659. The predicted molar refractivity (Wildman–Crippen MR) is 77.2 cm³/mol. The Balaban J connectivity index is 2.46. The van der Waals surface area contributed by atoms with E-state index in [2.05, 4.69) is 10.2 Å². The van der Waals surface area contributed by atoms with Crippen molar-refractivity contribution < 1.29 is 10.0 Å². The number of nitrogens with zero attached hydrogens (tertiary/aromatic N) is 2. The number of aromatic hydroxyl groups is 1. The van der Waals surface area contributed by atoms with E-state index >= 15 is 0 Å². The van der Waals surface area contributed by atoms with Gasteiger partial charge in [-0.25, -0.2) is 0 Å². The highest BCUT2D eigenvalue weighted by Gasteiger charge is 2.31. The van der Waals surface area contributed by atoms with Crippen LogP contribution < -0.4 is 5.32 Å². The highest BCUT2D eigenvalue weighted by molar-refractivity contribution is 6.32. The van der Waals surface area contributed by atoms with E-state index < -0.39 is 4.92 Å². The van der Waals surface area contributed by atoms with Crippen molar-refractivity contribution in [3.8, 4) is 5.75 Å². The Morgan fingerprint density at radius 1 is 1.50 bits per heavy atom. The molecule has 0 amide bonds. The number of nitro groups is 1. The minimum absolute atomic E-state index is 0.0720. The van der Waals surface area contributed by atoms with Crippen molar-refractivity contribution in [2.45, 2.75) is 19.4 Å². The second-order valence-corrected chi connectivity index (χ2v) is 5.20. The molecular weight excluding hydrogens is 282 g/mol. The Bertz CT molecular complexity index is 504. The van der Waals surface area contributed by atoms with Crippen LogP contribution in [-0.4, -0.2) is 41.1 Å². The van der Waals surface area contributed by atoms with Crippen LogP contribution in [0.5, 0.6) is 5.75 Å². The lowest BCUT2D eigenvalue weighted by Gasteiger charge is -2.34. The first kappa shape index (κ1) is 15.0. The first-order chi connectivity index (χ1) is 9.56. The zero-order chi connectivity index (χ0) is 14.7. The highest BCUT2D eigenvalue weighted by atomic mass is 35.5. The number of nitro benzene ring substituents is 1. The molecule has 7 heteroatoms. The van der Waals surface area contributed by atoms with Gasteiger partial charge in [0.2, 0.25) is 0 Å². The van der Waals surface area contributed by atoms with Crippen molar-refractivity contribution in [2.24, 2.45) is 0 Å². The average Bonchev–Trinajstić information content (AvgIpc) is 2.45. The maximum atomic E-state index is 11.2. The molecule has 0 spiro atoms. The lowest BCUT2D eigenvalue weighted by atomic mass is 9.99. The van der Waals surface area contributed by atoms with Gasteiger partial charge in [-0.05, 0) is 12.5 Å². The molecule has 1 aliphatic rings. The Labute approximate surface area is 122 Å². The van der Waals surface area contributed by atoms with Gasteiger partial charge in [0.05, 0.1) is 15.5 Å². The number of phenolic OH excluding ortho intramolecular Hbond substituents is 1. The first-order valence-electron chi connectivity index (χ1n) is 6.66. The van der Waals surface area contributed by atoms with E-state index in [1.807, 2.05) is 6.92 Å². The fourth-order valence-corrected chi connectivity index (χ4v) is 2.86. The standard InChI is InChI=1S/C13H18ClN3O3/c1-2-10(16-7-5-15-6-8-16)12-11(17(19)20)4-3-9(14)13(12)18/h3-4,10,15,18H,2,5-8H2,1H3/t10-/m1/s1. The number of nitrogens with one attached hydrogen (secondary N) is 1. The lowest BCUT2D eigenvalue weighted by Crippen LogP contribution is -2.45. The third-order valence-electron chi connectivity index (χ3n) is 3.65. The molecule has 110 valence electrons. The van der Waals surface area contributed by atoms with E-state index in [4.69, 9.17) is 11.6 Å². The summed E-state index contributed by atoms with van der Waals surface area (Å²) < 4.78 is 0. The van der Waals surface area contributed by atoms with Crippen LogP contribution in [0, 0.1) is 10.1 Å². The minimum atomic E-state index is -0.462. The second kappa shape index (κ2) is 6.39. The molecule has 1 saturated heterocycles. The summed E-state index contributed by atoms with van der Waals surface area (Å²) in [6, 6.07) is 2.53. The van der Waals surface area contributed by atoms with Gasteiger partial charge in [0, 0.05) is 38.3 Å². The summed E-state index contributed by atoms with van der Waals surface area (Å²) >= 11 is 5.93. The molecular formula is C13H18ClN3O3. The summed E-state index contributed by atoms with van der Waals surface area (Å²) in [7, 11) is 0. The molecule has 0 aliphatic carbocycles. The molecule has 2 rings (SSSR count). The third kappa shape index (κ3) is 2.87. The van der Waals surface area contributed by atoms with E-state index in [-0.39, 0.29) is 22.5 Å². The lowest BCUT2D eigenvalue weighted by molar-refractivity contribution is -0.386. The van der Waals surface area contributed by atoms with Crippen LogP contribution in [0.4, 0.5) is 5.69 Å². The minimum Gasteiger partial charge on any atom is -0.506 e. The third-order valence-corrected chi connectivity index (χ3v) is 3.96. The van der Waals surface area contributed by atoms with Crippen LogP contribution in [0.15, 0.2) is 12.1 Å². The van der Waals surface area contributed by atoms with Crippen molar-refractivity contribution in [2.75, 3.05) is 26.2 Å². The molecule has 0 radical (unpaired) electrons. The Morgan fingerprint density at radius 2 is 2.15 bits per heavy atom. The van der Waals surface area contributed by atoms with Crippen LogP contribution >= 0.6 is 11.6 Å². The van der Waals surface area contributed by atoms with Crippen LogP contribution in [0.1, 0.15) is 24.9 Å². The summed E-state index contributed by atoms with van der Waals surface area (Å²) in [5.74, 6) is -0.175. The van der Waals surface area contributed by atoms with Crippen LogP contribution in [0.3, 0.4) is 0 Å². The molecule has 1 aromatic rings. The van der Waals surface area contributed by atoms with Crippen molar-refractivity contribution in [3.05, 3.63) is 32.8 Å². The van der Waals surface area contributed by atoms with Gasteiger partial charge < -0.3 is 10.4 Å². The monoisotopic (exact) mass is 299 g/mol. The van der Waals surface area contributed by atoms with Gasteiger partial charge in [0.15, 0.2) is 0 Å². The van der Waals surface area contributed by atoms with E-state index in [0.717, 1.165) is 26.2 Å². The molecule has 1 heterocycles. The van der Waals surface area contributed by atoms with Gasteiger partial charge in [-0.1, -0.05) is 18.5 Å². The van der Waals surface area contributed by atoms with Crippen LogP contribution in [0.25, 0.3) is 0 Å². The molecule has 1 aromatic carbocycles. The first-order valence-corrected chi connectivity index (χ1v) is 7.04. The fraction of sp³-hybridized carbons (Fsp3) is 0.538. The Kier molecular flexibility index (Phi) is 4.80. The molecule has 1 atom stereocenters. The van der Waals surface area contributed by atoms with Crippen LogP contribution in [-0.2, 0) is 0 Å². The molecule has 0 bridgehead atoms. The van der Waals surface area contributed by atoms with Crippen molar-refractivity contribution in [1.29, 1.82) is 0 Å². The van der Waals surface area contributed by atoms with Crippen molar-refractivity contribution >= 4 is 17.3 Å². The van der Waals surface area contributed by atoms with E-state index in [1.54, 1.807) is 0 Å². The van der Waals surface area contributed by atoms with E-state index in [0.29, 0.717) is 12.0 Å². The highest BCUT2D eigenvalue weighted by Crippen LogP contribution is 2.41. The Morgan fingerprint density at radius 3 is 2.70 bits per heavy atom. The zero-order valence-corrected chi connectivity index (χ0v) is 12.1. The molecule has 0 unspecified atom stereocenters. The number of hydrogen-bond donors (Lipinski definition) is 2. The molecule has 2 N–H and O–H groups in total. The zero-order valence-electron chi connectivity index (χ0n) is 11.3. The molecule has 20 heavy (non-hydrogen) atoms. The van der Waals surface area contributed by atoms with Gasteiger partial charge in [0.25, 0.3) is 5.69 Å². The van der Waals surface area contributed by atoms with Gasteiger partial charge in [0.1, 0.15) is 5.75 Å². The summed E-state index contributed by atoms with van der Waals surface area (Å²) in [6.07, 6.45) is 0.675. The SMILES string of the molecule is CC[C@H](c1c([N+](=O)[O-])ccc(Cl)c1O)N1CCNCC1. The van der Waals surface area contributed by atoms with Gasteiger partial charge >= 0.3 is 0 Å². The number of halogens is 1.